The molecule has 1 aliphatic rings. The summed E-state index contributed by atoms with van der Waals surface area (Å²) in [6.45, 7) is 4.50. The fraction of sp³-hybridized carbons (Fsp3) is 0.500. The molecular formula is C20H27ClN2O2. The van der Waals surface area contributed by atoms with Crippen LogP contribution >= 0.6 is 11.6 Å². The van der Waals surface area contributed by atoms with Crippen LogP contribution in [0, 0.1) is 0 Å². The zero-order valence-corrected chi connectivity index (χ0v) is 16.2. The fourth-order valence-electron chi connectivity index (χ4n) is 4.08. The highest BCUT2D eigenvalue weighted by molar-refractivity contribution is 6.37. The van der Waals surface area contributed by atoms with E-state index in [0.29, 0.717) is 23.4 Å². The molecule has 0 amide bonds. The average molecular weight is 363 g/mol. The highest BCUT2D eigenvalue weighted by Crippen LogP contribution is 2.37. The minimum Gasteiger partial charge on any atom is -0.495 e. The quantitative estimate of drug-likeness (QED) is 0.880. The van der Waals surface area contributed by atoms with Gasteiger partial charge in [-0.2, -0.15) is 0 Å². The summed E-state index contributed by atoms with van der Waals surface area (Å²) in [4.78, 5) is 2.28. The lowest BCUT2D eigenvalue weighted by Crippen LogP contribution is -2.62. The lowest BCUT2D eigenvalue weighted by Gasteiger charge is -2.47. The molecule has 0 spiro atoms. The van der Waals surface area contributed by atoms with E-state index in [-0.39, 0.29) is 5.54 Å². The van der Waals surface area contributed by atoms with Gasteiger partial charge >= 0.3 is 0 Å². The van der Waals surface area contributed by atoms with Crippen LogP contribution in [0.3, 0.4) is 0 Å². The van der Waals surface area contributed by atoms with E-state index < -0.39 is 0 Å². The number of methoxy groups -OCH3 is 1. The van der Waals surface area contributed by atoms with Gasteiger partial charge in [-0.1, -0.05) is 36.7 Å². The van der Waals surface area contributed by atoms with Gasteiger partial charge in [0.2, 0.25) is 0 Å². The summed E-state index contributed by atoms with van der Waals surface area (Å²) in [6, 6.07) is 10.8. The molecule has 3 rings (SSSR count). The SMILES string of the molecule is CCC(N(C)C)C1(c2ccc3c(Cl)c(OC)ccc3c2)COCCN1. The van der Waals surface area contributed by atoms with Crippen molar-refractivity contribution in [3.8, 4) is 5.75 Å². The van der Waals surface area contributed by atoms with Crippen molar-refractivity contribution in [3.63, 3.8) is 0 Å². The maximum absolute atomic E-state index is 6.48. The minimum atomic E-state index is -0.225. The van der Waals surface area contributed by atoms with Crippen molar-refractivity contribution < 1.29 is 9.47 Å². The first-order valence-corrected chi connectivity index (χ1v) is 9.17. The molecule has 1 heterocycles. The summed E-state index contributed by atoms with van der Waals surface area (Å²) in [5.41, 5.74) is 1.01. The molecule has 2 aromatic rings. The van der Waals surface area contributed by atoms with Gasteiger partial charge in [0.25, 0.3) is 0 Å². The molecule has 2 atom stereocenters. The third-order valence-electron chi connectivity index (χ3n) is 5.25. The normalized spacial score (nSPS) is 22.3. The minimum absolute atomic E-state index is 0.225. The highest BCUT2D eigenvalue weighted by atomic mass is 35.5. The first kappa shape index (κ1) is 18.5. The number of morpholine rings is 1. The topological polar surface area (TPSA) is 33.7 Å². The Hall–Kier alpha value is -1.33. The second-order valence-electron chi connectivity index (χ2n) is 6.86. The predicted octanol–water partition coefficient (Wildman–Crippen LogP) is 3.66. The van der Waals surface area contributed by atoms with Crippen LogP contribution in [0.4, 0.5) is 0 Å². The zero-order chi connectivity index (χ0) is 18.0. The van der Waals surface area contributed by atoms with Crippen LogP contribution in [-0.2, 0) is 10.3 Å². The Labute approximate surface area is 155 Å². The number of fused-ring (bicyclic) bond motifs is 1. The second-order valence-corrected chi connectivity index (χ2v) is 7.23. The van der Waals surface area contributed by atoms with E-state index >= 15 is 0 Å². The lowest BCUT2D eigenvalue weighted by molar-refractivity contribution is -0.0165. The molecule has 2 unspecified atom stereocenters. The number of rotatable bonds is 5. The zero-order valence-electron chi connectivity index (χ0n) is 15.4. The van der Waals surface area contributed by atoms with E-state index in [4.69, 9.17) is 21.1 Å². The Morgan fingerprint density at radius 1 is 1.32 bits per heavy atom. The Bertz CT molecular complexity index is 742. The summed E-state index contributed by atoms with van der Waals surface area (Å²) >= 11 is 6.48. The summed E-state index contributed by atoms with van der Waals surface area (Å²) < 4.78 is 11.2. The van der Waals surface area contributed by atoms with Crippen LogP contribution in [0.15, 0.2) is 30.3 Å². The molecule has 0 aliphatic carbocycles. The van der Waals surface area contributed by atoms with E-state index in [9.17, 15) is 0 Å². The summed E-state index contributed by atoms with van der Waals surface area (Å²) in [6.07, 6.45) is 1.03. The standard InChI is InChI=1S/C20H27ClN2O2/c1-5-18(23(2)3)20(13-25-11-10-22-20)15-7-8-16-14(12-15)6-9-17(24-4)19(16)21/h6-9,12,18,22H,5,10-11,13H2,1-4H3. The van der Waals surface area contributed by atoms with E-state index in [2.05, 4.69) is 55.5 Å². The number of nitrogens with one attached hydrogen (secondary N) is 1. The van der Waals surface area contributed by atoms with Crippen LogP contribution in [-0.4, -0.2) is 51.9 Å². The molecule has 1 fully saturated rings. The highest BCUT2D eigenvalue weighted by Gasteiger charge is 2.42. The van der Waals surface area contributed by atoms with Crippen molar-refractivity contribution in [2.75, 3.05) is 41.0 Å². The van der Waals surface area contributed by atoms with Gasteiger partial charge in [-0.05, 0) is 43.6 Å². The third kappa shape index (κ3) is 3.24. The number of hydrogen-bond acceptors (Lipinski definition) is 4. The van der Waals surface area contributed by atoms with Gasteiger partial charge in [0, 0.05) is 18.0 Å². The van der Waals surface area contributed by atoms with Crippen molar-refractivity contribution in [3.05, 3.63) is 40.9 Å². The Morgan fingerprint density at radius 2 is 2.12 bits per heavy atom. The Kier molecular flexibility index (Phi) is 5.54. The molecule has 0 radical (unpaired) electrons. The maximum atomic E-state index is 6.48. The predicted molar refractivity (Wildman–Crippen MR) is 104 cm³/mol. The summed E-state index contributed by atoms with van der Waals surface area (Å²) in [7, 11) is 5.91. The molecule has 136 valence electrons. The Morgan fingerprint density at radius 3 is 2.72 bits per heavy atom. The molecule has 1 N–H and O–H groups in total. The van der Waals surface area contributed by atoms with Gasteiger partial charge in [-0.25, -0.2) is 0 Å². The first-order valence-electron chi connectivity index (χ1n) is 8.79. The second kappa shape index (κ2) is 7.50. The van der Waals surface area contributed by atoms with Crippen molar-refractivity contribution in [2.24, 2.45) is 0 Å². The molecule has 0 bridgehead atoms. The molecule has 5 heteroatoms. The lowest BCUT2D eigenvalue weighted by atomic mass is 9.79. The number of likely N-dealkylation sites (N-methyl/N-ethyl adjacent to an activating group) is 1. The molecule has 1 saturated heterocycles. The van der Waals surface area contributed by atoms with Gasteiger partial charge in [0.15, 0.2) is 0 Å². The van der Waals surface area contributed by atoms with Crippen LogP contribution < -0.4 is 10.1 Å². The fourth-order valence-corrected chi connectivity index (χ4v) is 4.40. The van der Waals surface area contributed by atoms with E-state index in [1.807, 2.05) is 6.07 Å². The number of ether oxygens (including phenoxy) is 2. The largest absolute Gasteiger partial charge is 0.495 e. The van der Waals surface area contributed by atoms with Gasteiger partial charge < -0.3 is 19.7 Å². The van der Waals surface area contributed by atoms with Gasteiger partial charge in [-0.3, -0.25) is 0 Å². The van der Waals surface area contributed by atoms with E-state index in [1.54, 1.807) is 7.11 Å². The molecule has 2 aromatic carbocycles. The molecular weight excluding hydrogens is 336 g/mol. The molecule has 1 aliphatic heterocycles. The number of nitrogens with zero attached hydrogens (tertiary/aromatic N) is 1. The van der Waals surface area contributed by atoms with Crippen molar-refractivity contribution >= 4 is 22.4 Å². The number of benzene rings is 2. The molecule has 4 nitrogen and oxygen atoms in total. The van der Waals surface area contributed by atoms with Crippen LogP contribution in [0.25, 0.3) is 10.8 Å². The number of halogens is 1. The van der Waals surface area contributed by atoms with Gasteiger partial charge in [0.1, 0.15) is 5.75 Å². The first-order chi connectivity index (χ1) is 12.0. The van der Waals surface area contributed by atoms with Crippen LogP contribution in [0.5, 0.6) is 5.75 Å². The van der Waals surface area contributed by atoms with E-state index in [0.717, 1.165) is 30.3 Å². The molecule has 0 saturated carbocycles. The maximum Gasteiger partial charge on any atom is 0.138 e. The van der Waals surface area contributed by atoms with E-state index in [1.165, 1.54) is 5.56 Å². The van der Waals surface area contributed by atoms with Crippen molar-refractivity contribution in [1.82, 2.24) is 10.2 Å². The van der Waals surface area contributed by atoms with Gasteiger partial charge in [0.05, 0.1) is 30.9 Å². The number of hydrogen-bond donors (Lipinski definition) is 1. The molecule has 0 aromatic heterocycles. The summed E-state index contributed by atoms with van der Waals surface area (Å²) in [5.74, 6) is 0.704. The van der Waals surface area contributed by atoms with Crippen molar-refractivity contribution in [2.45, 2.75) is 24.9 Å². The van der Waals surface area contributed by atoms with Crippen LogP contribution in [0.2, 0.25) is 5.02 Å². The van der Waals surface area contributed by atoms with Crippen molar-refractivity contribution in [1.29, 1.82) is 0 Å². The summed E-state index contributed by atoms with van der Waals surface area (Å²) in [5, 5.41) is 6.54. The Balaban J connectivity index is 2.13. The smallest absolute Gasteiger partial charge is 0.138 e. The third-order valence-corrected chi connectivity index (χ3v) is 5.64. The average Bonchev–Trinajstić information content (AvgIpc) is 2.63. The van der Waals surface area contributed by atoms with Gasteiger partial charge in [-0.15, -0.1) is 0 Å². The molecule has 25 heavy (non-hydrogen) atoms. The van der Waals surface area contributed by atoms with Crippen LogP contribution in [0.1, 0.15) is 18.9 Å². The monoisotopic (exact) mass is 362 g/mol.